The summed E-state index contributed by atoms with van der Waals surface area (Å²) in [5.74, 6) is 0.216. The van der Waals surface area contributed by atoms with Crippen molar-refractivity contribution in [3.8, 4) is 5.75 Å². The van der Waals surface area contributed by atoms with Crippen molar-refractivity contribution in [2.45, 2.75) is 51.6 Å². The fourth-order valence-electron chi connectivity index (χ4n) is 2.98. The SMILES string of the molecule is COc1ccc(CN(C(=O)CSCc2c(F)cccc2Cl)[C@@H](C)C(=O)NC(C)(C)C)cc1. The average Bonchev–Trinajstić information content (AvgIpc) is 2.72. The molecule has 0 saturated carbocycles. The van der Waals surface area contributed by atoms with Crippen LogP contribution in [0.4, 0.5) is 4.39 Å². The highest BCUT2D eigenvalue weighted by Gasteiger charge is 2.28. The second-order valence-electron chi connectivity index (χ2n) is 8.48. The number of carbonyl (C=O) groups is 2. The van der Waals surface area contributed by atoms with Crippen LogP contribution in [0.15, 0.2) is 42.5 Å². The van der Waals surface area contributed by atoms with Gasteiger partial charge < -0.3 is 15.0 Å². The van der Waals surface area contributed by atoms with E-state index in [1.807, 2.05) is 45.0 Å². The Bertz CT molecular complexity index is 912. The molecule has 174 valence electrons. The van der Waals surface area contributed by atoms with E-state index >= 15 is 0 Å². The second-order valence-corrected chi connectivity index (χ2v) is 9.87. The smallest absolute Gasteiger partial charge is 0.242 e. The molecule has 0 radical (unpaired) electrons. The third-order valence-corrected chi connectivity index (χ3v) is 6.01. The number of methoxy groups -OCH3 is 1. The van der Waals surface area contributed by atoms with E-state index in [9.17, 15) is 14.0 Å². The number of hydrogen-bond acceptors (Lipinski definition) is 4. The number of nitrogens with zero attached hydrogens (tertiary/aromatic N) is 1. The van der Waals surface area contributed by atoms with Crippen LogP contribution >= 0.6 is 23.4 Å². The predicted octanol–water partition coefficient (Wildman–Crippen LogP) is 5.05. The fraction of sp³-hybridized carbons (Fsp3) is 0.417. The van der Waals surface area contributed by atoms with Crippen LogP contribution < -0.4 is 10.1 Å². The summed E-state index contributed by atoms with van der Waals surface area (Å²) in [4.78, 5) is 27.4. The van der Waals surface area contributed by atoms with Crippen molar-refractivity contribution in [2.75, 3.05) is 12.9 Å². The molecule has 0 unspecified atom stereocenters. The van der Waals surface area contributed by atoms with E-state index in [4.69, 9.17) is 16.3 Å². The van der Waals surface area contributed by atoms with Crippen molar-refractivity contribution in [3.63, 3.8) is 0 Å². The number of amides is 2. The molecule has 0 spiro atoms. The van der Waals surface area contributed by atoms with Crippen LogP contribution in [0.2, 0.25) is 5.02 Å². The quantitative estimate of drug-likeness (QED) is 0.545. The summed E-state index contributed by atoms with van der Waals surface area (Å²) in [6.45, 7) is 7.65. The predicted molar refractivity (Wildman–Crippen MR) is 128 cm³/mol. The van der Waals surface area contributed by atoms with Gasteiger partial charge in [-0.3, -0.25) is 9.59 Å². The van der Waals surface area contributed by atoms with E-state index < -0.39 is 17.4 Å². The molecule has 2 aromatic rings. The van der Waals surface area contributed by atoms with E-state index in [2.05, 4.69) is 5.32 Å². The minimum Gasteiger partial charge on any atom is -0.497 e. The van der Waals surface area contributed by atoms with Gasteiger partial charge in [-0.15, -0.1) is 11.8 Å². The molecule has 0 fully saturated rings. The molecule has 0 aliphatic heterocycles. The average molecular weight is 481 g/mol. The zero-order valence-electron chi connectivity index (χ0n) is 19.1. The first-order valence-corrected chi connectivity index (χ1v) is 11.8. The first-order valence-electron chi connectivity index (χ1n) is 10.3. The summed E-state index contributed by atoms with van der Waals surface area (Å²) in [5, 5.41) is 3.26. The van der Waals surface area contributed by atoms with Crippen molar-refractivity contribution in [3.05, 3.63) is 64.4 Å². The summed E-state index contributed by atoms with van der Waals surface area (Å²) >= 11 is 7.34. The number of halogens is 2. The molecule has 1 atom stereocenters. The molecule has 1 N–H and O–H groups in total. The monoisotopic (exact) mass is 480 g/mol. The molecule has 2 rings (SSSR count). The molecule has 0 saturated heterocycles. The Morgan fingerprint density at radius 3 is 2.41 bits per heavy atom. The van der Waals surface area contributed by atoms with Gasteiger partial charge in [0.05, 0.1) is 12.9 Å². The Morgan fingerprint density at radius 2 is 1.84 bits per heavy atom. The number of thioether (sulfide) groups is 1. The molecule has 0 aliphatic carbocycles. The van der Waals surface area contributed by atoms with E-state index in [1.165, 1.54) is 17.8 Å². The number of benzene rings is 2. The number of hydrogen-bond donors (Lipinski definition) is 1. The van der Waals surface area contributed by atoms with Gasteiger partial charge in [0.15, 0.2) is 0 Å². The van der Waals surface area contributed by atoms with E-state index in [1.54, 1.807) is 31.1 Å². The second kappa shape index (κ2) is 11.6. The van der Waals surface area contributed by atoms with Crippen molar-refractivity contribution in [2.24, 2.45) is 0 Å². The van der Waals surface area contributed by atoms with E-state index in [-0.39, 0.29) is 29.9 Å². The van der Waals surface area contributed by atoms with Gasteiger partial charge in [-0.1, -0.05) is 29.8 Å². The minimum atomic E-state index is -0.679. The van der Waals surface area contributed by atoms with Crippen LogP contribution in [-0.4, -0.2) is 41.2 Å². The Labute approximate surface area is 198 Å². The maximum absolute atomic E-state index is 14.0. The van der Waals surface area contributed by atoms with Gasteiger partial charge >= 0.3 is 0 Å². The van der Waals surface area contributed by atoms with Crippen LogP contribution in [0.3, 0.4) is 0 Å². The third-order valence-electron chi connectivity index (χ3n) is 4.71. The van der Waals surface area contributed by atoms with Crippen molar-refractivity contribution < 1.29 is 18.7 Å². The van der Waals surface area contributed by atoms with Crippen LogP contribution in [-0.2, 0) is 21.9 Å². The normalized spacial score (nSPS) is 12.2. The first kappa shape index (κ1) is 26.0. The lowest BCUT2D eigenvalue weighted by Crippen LogP contribution is -2.52. The molecule has 0 heterocycles. The van der Waals surface area contributed by atoms with Gasteiger partial charge in [-0.2, -0.15) is 0 Å². The molecule has 0 aliphatic rings. The number of ether oxygens (including phenoxy) is 1. The molecule has 8 heteroatoms. The number of carbonyl (C=O) groups excluding carboxylic acids is 2. The first-order chi connectivity index (χ1) is 15.0. The van der Waals surface area contributed by atoms with E-state index in [0.29, 0.717) is 16.3 Å². The van der Waals surface area contributed by atoms with Gasteiger partial charge in [-0.05, 0) is 57.5 Å². The standard InChI is InChI=1S/C24H30ClFN2O3S/c1-16(23(30)27-24(2,3)4)28(13-17-9-11-18(31-5)12-10-17)22(29)15-32-14-19-20(25)7-6-8-21(19)26/h6-12,16H,13-15H2,1-5H3,(H,27,30)/t16-/m0/s1. The molecule has 0 bridgehead atoms. The third kappa shape index (κ3) is 7.71. The van der Waals surface area contributed by atoms with Crippen LogP contribution in [0.5, 0.6) is 5.75 Å². The molecule has 32 heavy (non-hydrogen) atoms. The fourth-order valence-corrected chi connectivity index (χ4v) is 4.23. The zero-order chi connectivity index (χ0) is 23.9. The van der Waals surface area contributed by atoms with Gasteiger partial charge in [0.1, 0.15) is 17.6 Å². The van der Waals surface area contributed by atoms with Crippen molar-refractivity contribution in [1.82, 2.24) is 10.2 Å². The van der Waals surface area contributed by atoms with Crippen molar-refractivity contribution >= 4 is 35.2 Å². The Kier molecular flexibility index (Phi) is 9.40. The summed E-state index contributed by atoms with van der Waals surface area (Å²) in [6.07, 6.45) is 0. The maximum Gasteiger partial charge on any atom is 0.242 e. The van der Waals surface area contributed by atoms with Crippen LogP contribution in [0.25, 0.3) is 0 Å². The van der Waals surface area contributed by atoms with E-state index in [0.717, 1.165) is 5.56 Å². The highest BCUT2D eigenvalue weighted by molar-refractivity contribution is 7.99. The van der Waals surface area contributed by atoms with Crippen LogP contribution in [0.1, 0.15) is 38.8 Å². The lowest BCUT2D eigenvalue weighted by molar-refractivity contribution is -0.139. The summed E-state index contributed by atoms with van der Waals surface area (Å²) in [5.41, 5.74) is 0.820. The Hall–Kier alpha value is -2.25. The maximum atomic E-state index is 14.0. The highest BCUT2D eigenvalue weighted by atomic mass is 35.5. The zero-order valence-corrected chi connectivity index (χ0v) is 20.6. The molecule has 2 amide bonds. The molecular weight excluding hydrogens is 451 g/mol. The molecule has 0 aromatic heterocycles. The summed E-state index contributed by atoms with van der Waals surface area (Å²) < 4.78 is 19.2. The largest absolute Gasteiger partial charge is 0.497 e. The Balaban J connectivity index is 2.14. The lowest BCUT2D eigenvalue weighted by Gasteiger charge is -2.31. The lowest BCUT2D eigenvalue weighted by atomic mass is 10.1. The molecule has 2 aromatic carbocycles. The topological polar surface area (TPSA) is 58.6 Å². The van der Waals surface area contributed by atoms with Gasteiger partial charge in [0.2, 0.25) is 11.8 Å². The summed E-state index contributed by atoms with van der Waals surface area (Å²) in [7, 11) is 1.59. The number of nitrogens with one attached hydrogen (secondary N) is 1. The van der Waals surface area contributed by atoms with Gasteiger partial charge in [0, 0.05) is 28.4 Å². The van der Waals surface area contributed by atoms with Gasteiger partial charge in [-0.25, -0.2) is 4.39 Å². The van der Waals surface area contributed by atoms with Crippen molar-refractivity contribution in [1.29, 1.82) is 0 Å². The van der Waals surface area contributed by atoms with Gasteiger partial charge in [0.25, 0.3) is 0 Å². The Morgan fingerprint density at radius 1 is 1.19 bits per heavy atom. The number of rotatable bonds is 9. The highest BCUT2D eigenvalue weighted by Crippen LogP contribution is 2.24. The summed E-state index contributed by atoms with van der Waals surface area (Å²) in [6, 6.07) is 11.2. The van der Waals surface area contributed by atoms with Crippen LogP contribution in [0, 0.1) is 5.82 Å². The molecular formula is C24H30ClFN2O3S. The minimum absolute atomic E-state index is 0.0912. The molecule has 5 nitrogen and oxygen atoms in total.